The largest absolute Gasteiger partial charge is 0.490 e. The number of thiol groups is 1. The number of anilines is 1. The van der Waals surface area contributed by atoms with E-state index in [1.807, 2.05) is 32.0 Å². The van der Waals surface area contributed by atoms with Gasteiger partial charge in [0.05, 0.1) is 35.4 Å². The molecule has 2 aliphatic carbocycles. The third-order valence-electron chi connectivity index (χ3n) is 11.6. The second-order valence-electron chi connectivity index (χ2n) is 14.7. The van der Waals surface area contributed by atoms with E-state index in [0.29, 0.717) is 42.5 Å². The highest BCUT2D eigenvalue weighted by Gasteiger charge is 2.44. The van der Waals surface area contributed by atoms with Crippen molar-refractivity contribution in [1.82, 2.24) is 15.1 Å². The average molecular weight is 734 g/mol. The molecule has 12 heteroatoms. The molecule has 1 aromatic heterocycles. The fourth-order valence-electron chi connectivity index (χ4n) is 8.44. The van der Waals surface area contributed by atoms with Gasteiger partial charge in [0, 0.05) is 66.1 Å². The topological polar surface area (TPSA) is 115 Å². The standard InChI is InChI=1S/C39H48ClN5O5S/c1-4-45-22-29(19-42-45)37(46)41-20-36-25(2)7-5-9-34(49-3)31-13-10-28(31)21-44-23-39(16-6-8-26-17-30(40)12-14-32(26)39)24-50-35-15-11-27(18-33(35)44)38(47)43-51(36)48/h5,9,11-12,14-15,17-19,22,25,28,31,34,36,51H,4,6-8,10,13,16,20-21,23-24H2,1-3H3,(H,41,46)/b9-5+/t25-,28-,31+,34-,36+,39-/m0/s1. The summed E-state index contributed by atoms with van der Waals surface area (Å²) in [4.78, 5) is 29.2. The van der Waals surface area contributed by atoms with Crippen molar-refractivity contribution >= 4 is 39.7 Å². The molecular formula is C39H48ClN5O5S. The number of nitrogens with one attached hydrogen (secondary N) is 1. The Morgan fingerprint density at radius 2 is 2.08 bits per heavy atom. The molecule has 272 valence electrons. The van der Waals surface area contributed by atoms with Crippen LogP contribution in [0.15, 0.2) is 65.3 Å². The zero-order valence-electron chi connectivity index (χ0n) is 29.6. The van der Waals surface area contributed by atoms with E-state index in [0.717, 1.165) is 61.7 Å². The van der Waals surface area contributed by atoms with Gasteiger partial charge in [0.15, 0.2) is 0 Å². The predicted molar refractivity (Wildman–Crippen MR) is 200 cm³/mol. The number of halogens is 1. The Balaban J connectivity index is 1.24. The number of nitrogens with zero attached hydrogens (tertiary/aromatic N) is 4. The summed E-state index contributed by atoms with van der Waals surface area (Å²) in [5.74, 6) is 0.484. The predicted octanol–water partition coefficient (Wildman–Crippen LogP) is 6.27. The van der Waals surface area contributed by atoms with E-state index in [4.69, 9.17) is 21.1 Å². The minimum Gasteiger partial charge on any atom is -0.490 e. The Labute approximate surface area is 307 Å². The summed E-state index contributed by atoms with van der Waals surface area (Å²) in [7, 11) is -0.609. The minimum absolute atomic E-state index is 0.0577. The Morgan fingerprint density at radius 1 is 1.22 bits per heavy atom. The Kier molecular flexibility index (Phi) is 10.6. The maximum atomic E-state index is 13.9. The molecule has 0 radical (unpaired) electrons. The van der Waals surface area contributed by atoms with Crippen LogP contribution in [0, 0.1) is 17.8 Å². The van der Waals surface area contributed by atoms with E-state index in [2.05, 4.69) is 44.0 Å². The van der Waals surface area contributed by atoms with Crippen molar-refractivity contribution in [1.29, 1.82) is 0 Å². The van der Waals surface area contributed by atoms with Gasteiger partial charge in [0.1, 0.15) is 5.75 Å². The van der Waals surface area contributed by atoms with Gasteiger partial charge < -0.3 is 19.7 Å². The molecule has 7 atom stereocenters. The number of benzene rings is 2. The van der Waals surface area contributed by atoms with Gasteiger partial charge >= 0.3 is 0 Å². The molecule has 7 rings (SSSR count). The summed E-state index contributed by atoms with van der Waals surface area (Å²) < 4.78 is 32.6. The van der Waals surface area contributed by atoms with Crippen molar-refractivity contribution < 1.29 is 23.3 Å². The van der Waals surface area contributed by atoms with Crippen molar-refractivity contribution in [2.24, 2.45) is 22.1 Å². The first-order valence-electron chi connectivity index (χ1n) is 18.2. The van der Waals surface area contributed by atoms with E-state index in [-0.39, 0.29) is 29.9 Å². The lowest BCUT2D eigenvalue weighted by Crippen LogP contribution is -2.49. The zero-order valence-corrected chi connectivity index (χ0v) is 31.2. The number of ether oxygens (including phenoxy) is 2. The van der Waals surface area contributed by atoms with Gasteiger partial charge in [0.25, 0.3) is 11.8 Å². The highest BCUT2D eigenvalue weighted by Crippen LogP contribution is 2.47. The molecule has 1 saturated carbocycles. The summed E-state index contributed by atoms with van der Waals surface area (Å²) >= 11 is 6.45. The Morgan fingerprint density at radius 3 is 2.84 bits per heavy atom. The molecule has 4 aliphatic rings. The van der Waals surface area contributed by atoms with E-state index in [1.54, 1.807) is 24.1 Å². The molecule has 2 bridgehead atoms. The highest BCUT2D eigenvalue weighted by atomic mass is 35.5. The van der Waals surface area contributed by atoms with E-state index < -0.39 is 21.8 Å². The number of carbonyl (C=O) groups excluding carboxylic acids is 2. The van der Waals surface area contributed by atoms with Gasteiger partial charge in [-0.15, -0.1) is 0 Å². The smallest absolute Gasteiger partial charge is 0.284 e. The summed E-state index contributed by atoms with van der Waals surface area (Å²) in [5.41, 5.74) is 3.98. The number of methoxy groups -OCH3 is 1. The first-order chi connectivity index (χ1) is 24.7. The first-order valence-corrected chi connectivity index (χ1v) is 19.9. The number of allylic oxidation sites excluding steroid dienone is 1. The molecule has 2 aliphatic heterocycles. The molecule has 2 aromatic carbocycles. The quantitative estimate of drug-likeness (QED) is 0.235. The van der Waals surface area contributed by atoms with Gasteiger partial charge in [-0.3, -0.25) is 18.5 Å². The van der Waals surface area contributed by atoms with Crippen LogP contribution in [-0.2, 0) is 33.7 Å². The third-order valence-corrected chi connectivity index (χ3v) is 13.4. The highest BCUT2D eigenvalue weighted by molar-refractivity contribution is 7.76. The van der Waals surface area contributed by atoms with Crippen molar-refractivity contribution in [3.8, 4) is 5.75 Å². The van der Waals surface area contributed by atoms with Gasteiger partial charge in [-0.1, -0.05) is 36.7 Å². The Bertz CT molecular complexity index is 1910. The molecule has 3 heterocycles. The van der Waals surface area contributed by atoms with E-state index >= 15 is 0 Å². The van der Waals surface area contributed by atoms with Gasteiger partial charge in [-0.05, 0) is 105 Å². The minimum atomic E-state index is -2.38. The summed E-state index contributed by atoms with van der Waals surface area (Å²) in [6.07, 6.45) is 13.2. The van der Waals surface area contributed by atoms with E-state index in [1.165, 1.54) is 17.3 Å². The number of aromatic nitrogens is 2. The SMILES string of the molecule is CCn1cc(C(=O)NC[C@@H]2[C@@H](C)C/C=C/[C@H](OC)[C@@H]3CC[C@H]3CN3C[C@@]4(CCCc5cc(Cl)ccc54)COc4ccc(cc43)C(=O)/N=[SH]\2=O)cn1. The van der Waals surface area contributed by atoms with Crippen LogP contribution >= 0.6 is 11.6 Å². The number of amides is 2. The second kappa shape index (κ2) is 15.1. The van der Waals surface area contributed by atoms with Crippen LogP contribution in [0.2, 0.25) is 5.02 Å². The molecule has 1 spiro atoms. The van der Waals surface area contributed by atoms with Gasteiger partial charge in [-0.2, -0.15) is 9.46 Å². The number of aryl methyl sites for hydroxylation is 2. The maximum absolute atomic E-state index is 13.9. The molecule has 1 unspecified atom stereocenters. The first kappa shape index (κ1) is 35.7. The second-order valence-corrected chi connectivity index (χ2v) is 16.6. The molecular weight excluding hydrogens is 686 g/mol. The fraction of sp³-hybridized carbons (Fsp3) is 0.513. The number of fused-ring (bicyclic) bond motifs is 4. The van der Waals surface area contributed by atoms with E-state index in [9.17, 15) is 13.8 Å². The molecule has 10 nitrogen and oxygen atoms in total. The van der Waals surface area contributed by atoms with Crippen molar-refractivity contribution in [2.45, 2.75) is 75.7 Å². The van der Waals surface area contributed by atoms with Crippen LogP contribution < -0.4 is 15.0 Å². The number of rotatable bonds is 5. The maximum Gasteiger partial charge on any atom is 0.284 e. The number of carbonyl (C=O) groups is 2. The van der Waals surface area contributed by atoms with Crippen LogP contribution in [0.25, 0.3) is 0 Å². The summed E-state index contributed by atoms with van der Waals surface area (Å²) in [6.45, 7) is 6.76. The van der Waals surface area contributed by atoms with Gasteiger partial charge in [-0.25, -0.2) is 0 Å². The normalized spacial score (nSPS) is 30.1. The molecule has 0 saturated heterocycles. The van der Waals surface area contributed by atoms with Crippen molar-refractivity contribution in [2.75, 3.05) is 38.3 Å². The molecule has 3 aromatic rings. The molecule has 1 N–H and O–H groups in total. The lowest BCUT2D eigenvalue weighted by atomic mass is 9.68. The number of hydrogen-bond acceptors (Lipinski definition) is 7. The molecule has 2 amide bonds. The van der Waals surface area contributed by atoms with Crippen LogP contribution in [0.3, 0.4) is 0 Å². The third kappa shape index (κ3) is 7.35. The summed E-state index contributed by atoms with van der Waals surface area (Å²) in [5, 5.41) is 7.31. The van der Waals surface area contributed by atoms with Gasteiger partial charge in [0.2, 0.25) is 0 Å². The summed E-state index contributed by atoms with van der Waals surface area (Å²) in [6, 6.07) is 11.7. The lowest BCUT2D eigenvalue weighted by molar-refractivity contribution is 0.0131. The van der Waals surface area contributed by atoms with Crippen LogP contribution in [0.5, 0.6) is 5.75 Å². The average Bonchev–Trinajstić information content (AvgIpc) is 3.55. The van der Waals surface area contributed by atoms with Crippen LogP contribution in [-0.4, -0.2) is 70.5 Å². The molecule has 51 heavy (non-hydrogen) atoms. The fourth-order valence-corrected chi connectivity index (χ4v) is 9.88. The Hall–Kier alpha value is -3.67. The van der Waals surface area contributed by atoms with Crippen molar-refractivity contribution in [3.63, 3.8) is 0 Å². The number of hydrogen-bond donors (Lipinski definition) is 2. The zero-order chi connectivity index (χ0) is 35.7. The monoisotopic (exact) mass is 733 g/mol. The molecule has 1 fully saturated rings. The van der Waals surface area contributed by atoms with Crippen LogP contribution in [0.1, 0.15) is 77.8 Å². The van der Waals surface area contributed by atoms with Crippen molar-refractivity contribution in [3.05, 3.63) is 88.2 Å². The van der Waals surface area contributed by atoms with Crippen LogP contribution in [0.4, 0.5) is 5.69 Å². The lowest BCUT2D eigenvalue weighted by Gasteiger charge is -2.46.